The third-order valence-electron chi connectivity index (χ3n) is 4.50. The number of hydrogen-bond acceptors (Lipinski definition) is 3. The zero-order valence-electron chi connectivity index (χ0n) is 15.7. The Balaban J connectivity index is 1.75. The molecule has 0 aliphatic rings. The van der Waals surface area contributed by atoms with Crippen molar-refractivity contribution < 1.29 is 18.7 Å². The summed E-state index contributed by atoms with van der Waals surface area (Å²) in [6.07, 6.45) is 5.12. The van der Waals surface area contributed by atoms with Crippen LogP contribution < -0.4 is 5.32 Å². The van der Waals surface area contributed by atoms with Crippen LogP contribution >= 0.6 is 0 Å². The van der Waals surface area contributed by atoms with Gasteiger partial charge in [0, 0.05) is 36.6 Å². The molecule has 1 aromatic heterocycles. The smallest absolute Gasteiger partial charge is 0.328 e. The lowest BCUT2D eigenvalue weighted by Crippen LogP contribution is -2.42. The molecular weight excluding hydrogens is 359 g/mol. The predicted molar refractivity (Wildman–Crippen MR) is 106 cm³/mol. The van der Waals surface area contributed by atoms with Crippen LogP contribution in [0.4, 0.5) is 4.39 Å². The van der Waals surface area contributed by atoms with Gasteiger partial charge in [0.25, 0.3) is 0 Å². The summed E-state index contributed by atoms with van der Waals surface area (Å²) in [5.41, 5.74) is 2.67. The van der Waals surface area contributed by atoms with E-state index in [1.165, 1.54) is 25.3 Å². The van der Waals surface area contributed by atoms with Gasteiger partial charge < -0.3 is 14.6 Å². The number of carbonyl (C=O) groups excluding carboxylic acids is 2. The molecule has 0 saturated heterocycles. The molecule has 0 radical (unpaired) electrons. The van der Waals surface area contributed by atoms with Crippen LogP contribution in [-0.2, 0) is 27.8 Å². The minimum Gasteiger partial charge on any atom is -0.467 e. The van der Waals surface area contributed by atoms with Gasteiger partial charge in [0.05, 0.1) is 7.11 Å². The van der Waals surface area contributed by atoms with Crippen LogP contribution in [0, 0.1) is 5.82 Å². The average molecular weight is 380 g/mol. The maximum absolute atomic E-state index is 12.9. The number of amides is 1. The van der Waals surface area contributed by atoms with Gasteiger partial charge in [-0.1, -0.05) is 30.3 Å². The number of ether oxygens (including phenoxy) is 1. The van der Waals surface area contributed by atoms with Crippen molar-refractivity contribution in [2.45, 2.75) is 12.5 Å². The van der Waals surface area contributed by atoms with E-state index in [1.54, 1.807) is 18.2 Å². The monoisotopic (exact) mass is 380 g/mol. The molecule has 0 fully saturated rings. The average Bonchev–Trinajstić information content (AvgIpc) is 3.02. The van der Waals surface area contributed by atoms with E-state index in [4.69, 9.17) is 4.74 Å². The van der Waals surface area contributed by atoms with Crippen molar-refractivity contribution in [3.05, 3.63) is 77.7 Å². The number of hydrogen-bond donors (Lipinski definition) is 1. The predicted octanol–water partition coefficient (Wildman–Crippen LogP) is 3.23. The second-order valence-electron chi connectivity index (χ2n) is 6.46. The molecule has 3 aromatic rings. The van der Waals surface area contributed by atoms with Crippen molar-refractivity contribution in [2.75, 3.05) is 7.11 Å². The molecule has 144 valence electrons. The fourth-order valence-corrected chi connectivity index (χ4v) is 3.11. The molecule has 0 aliphatic heterocycles. The Kier molecular flexibility index (Phi) is 5.89. The van der Waals surface area contributed by atoms with Gasteiger partial charge in [-0.15, -0.1) is 0 Å². The highest BCUT2D eigenvalue weighted by molar-refractivity contribution is 5.95. The molecule has 6 heteroatoms. The molecule has 1 N–H and O–H groups in total. The lowest BCUT2D eigenvalue weighted by atomic mass is 10.0. The van der Waals surface area contributed by atoms with E-state index in [9.17, 15) is 14.0 Å². The van der Waals surface area contributed by atoms with E-state index in [0.717, 1.165) is 16.5 Å². The summed E-state index contributed by atoms with van der Waals surface area (Å²) < 4.78 is 19.8. The molecule has 0 aliphatic carbocycles. The molecule has 1 atom stereocenters. The maximum atomic E-state index is 12.9. The SMILES string of the molecule is COC(=O)[C@H](Cc1cn(C)c2ccccc12)NC(=O)C=Cc1ccc(F)cc1. The Morgan fingerprint density at radius 1 is 1.18 bits per heavy atom. The highest BCUT2D eigenvalue weighted by atomic mass is 19.1. The van der Waals surface area contributed by atoms with Crippen LogP contribution in [0.2, 0.25) is 0 Å². The van der Waals surface area contributed by atoms with Crippen LogP contribution in [0.3, 0.4) is 0 Å². The molecule has 3 rings (SSSR count). The van der Waals surface area contributed by atoms with Crippen molar-refractivity contribution in [3.63, 3.8) is 0 Å². The lowest BCUT2D eigenvalue weighted by molar-refractivity contribution is -0.144. The quantitative estimate of drug-likeness (QED) is 0.528. The van der Waals surface area contributed by atoms with Crippen molar-refractivity contribution in [2.24, 2.45) is 7.05 Å². The number of nitrogens with zero attached hydrogens (tertiary/aromatic N) is 1. The van der Waals surface area contributed by atoms with Gasteiger partial charge in [0.2, 0.25) is 5.91 Å². The Bertz CT molecular complexity index is 1020. The fraction of sp³-hybridized carbons (Fsp3) is 0.182. The van der Waals surface area contributed by atoms with E-state index in [1.807, 2.05) is 42.1 Å². The Hall–Kier alpha value is -3.41. The van der Waals surface area contributed by atoms with E-state index in [-0.39, 0.29) is 5.82 Å². The lowest BCUT2D eigenvalue weighted by Gasteiger charge is -2.15. The second-order valence-corrected chi connectivity index (χ2v) is 6.46. The van der Waals surface area contributed by atoms with Crippen LogP contribution in [0.15, 0.2) is 60.8 Å². The van der Waals surface area contributed by atoms with Crippen LogP contribution in [0.1, 0.15) is 11.1 Å². The largest absolute Gasteiger partial charge is 0.467 e. The summed E-state index contributed by atoms with van der Waals surface area (Å²) in [5, 5.41) is 3.71. The maximum Gasteiger partial charge on any atom is 0.328 e. The Morgan fingerprint density at radius 2 is 1.89 bits per heavy atom. The topological polar surface area (TPSA) is 60.3 Å². The first kappa shape index (κ1) is 19.4. The standard InChI is InChI=1S/C22H21FN2O3/c1-25-14-16(18-5-3-4-6-20(18)25)13-19(22(27)28-2)24-21(26)12-9-15-7-10-17(23)11-8-15/h3-12,14,19H,13H2,1-2H3,(H,24,26)/t19-/m0/s1. The minimum absolute atomic E-state index is 0.310. The summed E-state index contributed by atoms with van der Waals surface area (Å²) >= 11 is 0. The molecule has 0 unspecified atom stereocenters. The summed E-state index contributed by atoms with van der Waals surface area (Å²) in [6.45, 7) is 0. The van der Waals surface area contributed by atoms with Crippen molar-refractivity contribution in [3.8, 4) is 0 Å². The number of aryl methyl sites for hydroxylation is 1. The van der Waals surface area contributed by atoms with Crippen molar-refractivity contribution >= 4 is 28.9 Å². The molecule has 0 bridgehead atoms. The fourth-order valence-electron chi connectivity index (χ4n) is 3.11. The molecule has 5 nitrogen and oxygen atoms in total. The van der Waals surface area contributed by atoms with E-state index >= 15 is 0 Å². The van der Waals surface area contributed by atoms with Crippen molar-refractivity contribution in [1.29, 1.82) is 0 Å². The molecule has 1 amide bonds. The Morgan fingerprint density at radius 3 is 2.61 bits per heavy atom. The van der Waals surface area contributed by atoms with Crippen LogP contribution in [-0.4, -0.2) is 29.6 Å². The first-order chi connectivity index (χ1) is 13.5. The number of nitrogens with one attached hydrogen (secondary N) is 1. The third kappa shape index (κ3) is 4.46. The van der Waals surface area contributed by atoms with E-state index in [0.29, 0.717) is 12.0 Å². The van der Waals surface area contributed by atoms with Gasteiger partial charge in [-0.3, -0.25) is 4.79 Å². The number of rotatable bonds is 6. The molecule has 1 heterocycles. The summed E-state index contributed by atoms with van der Waals surface area (Å²) in [6, 6.07) is 12.8. The molecular formula is C22H21FN2O3. The summed E-state index contributed by atoms with van der Waals surface area (Å²) in [7, 11) is 3.22. The zero-order chi connectivity index (χ0) is 20.1. The van der Waals surface area contributed by atoms with Gasteiger partial charge in [-0.2, -0.15) is 0 Å². The van der Waals surface area contributed by atoms with Crippen molar-refractivity contribution in [1.82, 2.24) is 9.88 Å². The minimum atomic E-state index is -0.818. The molecule has 0 saturated carbocycles. The Labute approximate surface area is 162 Å². The number of halogens is 1. The number of carbonyl (C=O) groups is 2. The summed E-state index contributed by atoms with van der Waals surface area (Å²) in [4.78, 5) is 24.5. The molecule has 0 spiro atoms. The number of benzene rings is 2. The van der Waals surface area contributed by atoms with Gasteiger partial charge in [-0.05, 0) is 35.4 Å². The number of methoxy groups -OCH3 is 1. The highest BCUT2D eigenvalue weighted by Crippen LogP contribution is 2.21. The molecule has 28 heavy (non-hydrogen) atoms. The zero-order valence-corrected chi connectivity index (χ0v) is 15.7. The normalized spacial score (nSPS) is 12.2. The second kappa shape index (κ2) is 8.52. The van der Waals surface area contributed by atoms with Gasteiger partial charge in [0.1, 0.15) is 11.9 Å². The van der Waals surface area contributed by atoms with E-state index in [2.05, 4.69) is 5.32 Å². The highest BCUT2D eigenvalue weighted by Gasteiger charge is 2.23. The first-order valence-electron chi connectivity index (χ1n) is 8.83. The van der Waals surface area contributed by atoms with Crippen LogP contribution in [0.25, 0.3) is 17.0 Å². The summed E-state index contributed by atoms with van der Waals surface area (Å²) in [5.74, 6) is -1.29. The number of para-hydroxylation sites is 1. The number of aromatic nitrogens is 1. The van der Waals surface area contributed by atoms with Crippen LogP contribution in [0.5, 0.6) is 0 Å². The van der Waals surface area contributed by atoms with Gasteiger partial charge in [-0.25, -0.2) is 9.18 Å². The van der Waals surface area contributed by atoms with Gasteiger partial charge >= 0.3 is 5.97 Å². The number of fused-ring (bicyclic) bond motifs is 1. The first-order valence-corrected chi connectivity index (χ1v) is 8.83. The third-order valence-corrected chi connectivity index (χ3v) is 4.50. The van der Waals surface area contributed by atoms with E-state index < -0.39 is 17.9 Å². The van der Waals surface area contributed by atoms with Gasteiger partial charge in [0.15, 0.2) is 0 Å². The molecule has 2 aromatic carbocycles. The number of esters is 1.